The van der Waals surface area contributed by atoms with Crippen molar-refractivity contribution >= 4 is 27.5 Å². The number of methoxy groups -OCH3 is 2. The number of sulfonamides is 1. The van der Waals surface area contributed by atoms with Crippen LogP contribution in [-0.4, -0.2) is 69.8 Å². The van der Waals surface area contributed by atoms with Crippen molar-refractivity contribution in [1.29, 1.82) is 0 Å². The number of benzene rings is 2. The largest absolute Gasteiger partial charge is 0.493 e. The predicted octanol–water partition coefficient (Wildman–Crippen LogP) is 1.81. The maximum Gasteiger partial charge on any atom is 0.254 e. The van der Waals surface area contributed by atoms with E-state index in [1.807, 2.05) is 0 Å². The summed E-state index contributed by atoms with van der Waals surface area (Å²) >= 11 is 0. The molecular weight excluding hydrogens is 422 g/mol. The Morgan fingerprint density at radius 1 is 0.903 bits per heavy atom. The molecule has 1 N–H and O–H groups in total. The Balaban J connectivity index is 1.67. The highest BCUT2D eigenvalue weighted by atomic mass is 32.2. The second-order valence-electron chi connectivity index (χ2n) is 6.97. The van der Waals surface area contributed by atoms with Crippen molar-refractivity contribution < 1.29 is 27.5 Å². The van der Waals surface area contributed by atoms with Crippen LogP contribution in [0.2, 0.25) is 0 Å². The summed E-state index contributed by atoms with van der Waals surface area (Å²) in [4.78, 5) is 25.7. The van der Waals surface area contributed by atoms with Gasteiger partial charge in [-0.1, -0.05) is 0 Å². The van der Waals surface area contributed by atoms with Crippen molar-refractivity contribution in [3.63, 3.8) is 0 Å². The molecule has 0 bridgehead atoms. The summed E-state index contributed by atoms with van der Waals surface area (Å²) in [5, 5.41) is 2.60. The number of hydrogen-bond donors (Lipinski definition) is 1. The Labute approximate surface area is 181 Å². The van der Waals surface area contributed by atoms with Gasteiger partial charge in [-0.25, -0.2) is 8.42 Å². The van der Waals surface area contributed by atoms with E-state index >= 15 is 0 Å². The number of ether oxygens (including phenoxy) is 2. The first-order valence-electron chi connectivity index (χ1n) is 9.65. The molecule has 1 saturated heterocycles. The number of carbonyl (C=O) groups excluding carboxylic acids is 2. The van der Waals surface area contributed by atoms with Crippen LogP contribution in [0.3, 0.4) is 0 Å². The lowest BCUT2D eigenvalue weighted by molar-refractivity contribution is -0.114. The summed E-state index contributed by atoms with van der Waals surface area (Å²) < 4.78 is 37.7. The molecule has 0 radical (unpaired) electrons. The van der Waals surface area contributed by atoms with Crippen LogP contribution < -0.4 is 14.8 Å². The lowest BCUT2D eigenvalue weighted by atomic mass is 10.1. The van der Waals surface area contributed by atoms with Crippen LogP contribution in [0.5, 0.6) is 11.5 Å². The Kier molecular flexibility index (Phi) is 6.81. The monoisotopic (exact) mass is 447 g/mol. The fraction of sp³-hybridized carbons (Fsp3) is 0.333. The van der Waals surface area contributed by atoms with Crippen LogP contribution in [0.1, 0.15) is 17.3 Å². The minimum absolute atomic E-state index is 0.140. The van der Waals surface area contributed by atoms with Gasteiger partial charge in [0.25, 0.3) is 5.91 Å². The topological polar surface area (TPSA) is 105 Å². The quantitative estimate of drug-likeness (QED) is 0.724. The van der Waals surface area contributed by atoms with E-state index in [0.717, 1.165) is 0 Å². The summed E-state index contributed by atoms with van der Waals surface area (Å²) in [7, 11) is -0.676. The van der Waals surface area contributed by atoms with Gasteiger partial charge in [-0.3, -0.25) is 9.59 Å². The van der Waals surface area contributed by atoms with Gasteiger partial charge in [0.1, 0.15) is 0 Å². The van der Waals surface area contributed by atoms with E-state index in [1.165, 1.54) is 37.6 Å². The zero-order chi connectivity index (χ0) is 22.6. The van der Waals surface area contributed by atoms with E-state index in [0.29, 0.717) is 22.7 Å². The van der Waals surface area contributed by atoms with Crippen molar-refractivity contribution in [3.05, 3.63) is 48.0 Å². The molecule has 0 spiro atoms. The molecule has 1 aliphatic rings. The molecule has 2 amide bonds. The number of amides is 2. The fourth-order valence-corrected chi connectivity index (χ4v) is 4.77. The molecule has 0 saturated carbocycles. The molecular formula is C21H25N3O6S. The number of nitrogens with zero attached hydrogens (tertiary/aromatic N) is 2. The first-order valence-corrected chi connectivity index (χ1v) is 11.1. The van der Waals surface area contributed by atoms with Crippen LogP contribution >= 0.6 is 0 Å². The van der Waals surface area contributed by atoms with Crippen LogP contribution in [-0.2, 0) is 14.8 Å². The van der Waals surface area contributed by atoms with Gasteiger partial charge in [0, 0.05) is 44.4 Å². The SMILES string of the molecule is COc1ccc(C(=O)N2CCN(S(=O)(=O)c3ccc(NC(C)=O)cc3)CC2)cc1OC. The van der Waals surface area contributed by atoms with Gasteiger partial charge >= 0.3 is 0 Å². The highest BCUT2D eigenvalue weighted by molar-refractivity contribution is 7.89. The molecule has 1 aliphatic heterocycles. The van der Waals surface area contributed by atoms with Gasteiger partial charge in [0.05, 0.1) is 19.1 Å². The lowest BCUT2D eigenvalue weighted by Gasteiger charge is -2.34. The summed E-state index contributed by atoms with van der Waals surface area (Å²) in [5.41, 5.74) is 0.972. The predicted molar refractivity (Wildman–Crippen MR) is 115 cm³/mol. The third kappa shape index (κ3) is 4.97. The molecule has 0 aromatic heterocycles. The molecule has 166 valence electrons. The summed E-state index contributed by atoms with van der Waals surface area (Å²) in [5.74, 6) is 0.556. The van der Waals surface area contributed by atoms with Crippen LogP contribution in [0, 0.1) is 0 Å². The molecule has 2 aromatic carbocycles. The van der Waals surface area contributed by atoms with Crippen LogP contribution in [0.4, 0.5) is 5.69 Å². The number of rotatable bonds is 6. The minimum atomic E-state index is -3.69. The van der Waals surface area contributed by atoms with Gasteiger partial charge in [0.2, 0.25) is 15.9 Å². The standard InChI is InChI=1S/C21H25N3O6S/c1-15(25)22-17-5-7-18(8-6-17)31(27,28)24-12-10-23(11-13-24)21(26)16-4-9-19(29-2)20(14-16)30-3/h4-9,14H,10-13H2,1-3H3,(H,22,25). The zero-order valence-electron chi connectivity index (χ0n) is 17.6. The molecule has 0 aliphatic carbocycles. The molecule has 2 aromatic rings. The van der Waals surface area contributed by atoms with Crippen molar-refractivity contribution in [2.45, 2.75) is 11.8 Å². The van der Waals surface area contributed by atoms with E-state index in [4.69, 9.17) is 9.47 Å². The smallest absolute Gasteiger partial charge is 0.254 e. The van der Waals surface area contributed by atoms with E-state index in [-0.39, 0.29) is 42.9 Å². The Morgan fingerprint density at radius 2 is 1.52 bits per heavy atom. The Morgan fingerprint density at radius 3 is 2.06 bits per heavy atom. The molecule has 10 heteroatoms. The van der Waals surface area contributed by atoms with Crippen molar-refractivity contribution in [3.8, 4) is 11.5 Å². The zero-order valence-corrected chi connectivity index (χ0v) is 18.4. The van der Waals surface area contributed by atoms with Crippen LogP contribution in [0.25, 0.3) is 0 Å². The number of anilines is 1. The fourth-order valence-electron chi connectivity index (χ4n) is 3.35. The Bertz CT molecular complexity index is 1060. The molecule has 1 heterocycles. The minimum Gasteiger partial charge on any atom is -0.493 e. The highest BCUT2D eigenvalue weighted by Gasteiger charge is 2.30. The normalized spacial score (nSPS) is 14.7. The van der Waals surface area contributed by atoms with Crippen molar-refractivity contribution in [1.82, 2.24) is 9.21 Å². The van der Waals surface area contributed by atoms with Gasteiger partial charge in [-0.2, -0.15) is 4.31 Å². The third-order valence-corrected chi connectivity index (χ3v) is 6.88. The summed E-state index contributed by atoms with van der Waals surface area (Å²) in [6, 6.07) is 10.9. The molecule has 1 fully saturated rings. The number of hydrogen-bond acceptors (Lipinski definition) is 6. The number of piperazine rings is 1. The van der Waals surface area contributed by atoms with E-state index < -0.39 is 10.0 Å². The van der Waals surface area contributed by atoms with Gasteiger partial charge in [0.15, 0.2) is 11.5 Å². The first-order chi connectivity index (χ1) is 14.8. The van der Waals surface area contributed by atoms with Gasteiger partial charge in [-0.15, -0.1) is 0 Å². The number of carbonyl (C=O) groups is 2. The second kappa shape index (κ2) is 9.36. The molecule has 9 nitrogen and oxygen atoms in total. The van der Waals surface area contributed by atoms with Gasteiger partial charge in [-0.05, 0) is 42.5 Å². The maximum absolute atomic E-state index is 12.9. The van der Waals surface area contributed by atoms with Crippen molar-refractivity contribution in [2.24, 2.45) is 0 Å². The Hall–Kier alpha value is -3.11. The first kappa shape index (κ1) is 22.6. The van der Waals surface area contributed by atoms with E-state index in [2.05, 4.69) is 5.32 Å². The van der Waals surface area contributed by atoms with E-state index in [1.54, 1.807) is 35.2 Å². The second-order valence-corrected chi connectivity index (χ2v) is 8.91. The molecule has 0 atom stereocenters. The average molecular weight is 448 g/mol. The maximum atomic E-state index is 12.9. The third-order valence-electron chi connectivity index (χ3n) is 4.97. The molecule has 31 heavy (non-hydrogen) atoms. The number of nitrogens with one attached hydrogen (secondary N) is 1. The average Bonchev–Trinajstić information content (AvgIpc) is 2.78. The van der Waals surface area contributed by atoms with Crippen LogP contribution in [0.15, 0.2) is 47.4 Å². The van der Waals surface area contributed by atoms with Gasteiger partial charge < -0.3 is 19.7 Å². The van der Waals surface area contributed by atoms with Crippen molar-refractivity contribution in [2.75, 3.05) is 45.7 Å². The molecule has 0 unspecified atom stereocenters. The van der Waals surface area contributed by atoms with E-state index in [9.17, 15) is 18.0 Å². The summed E-state index contributed by atoms with van der Waals surface area (Å²) in [6.45, 7) is 2.31. The summed E-state index contributed by atoms with van der Waals surface area (Å²) in [6.07, 6.45) is 0. The molecule has 3 rings (SSSR count). The lowest BCUT2D eigenvalue weighted by Crippen LogP contribution is -2.50. The highest BCUT2D eigenvalue weighted by Crippen LogP contribution is 2.28.